The fourth-order valence-corrected chi connectivity index (χ4v) is 4.33. The molecule has 0 unspecified atom stereocenters. The van der Waals surface area contributed by atoms with Gasteiger partial charge < -0.3 is 5.32 Å². The number of nitrogens with one attached hydrogen (secondary N) is 1. The van der Waals surface area contributed by atoms with Gasteiger partial charge in [-0.1, -0.05) is 61.0 Å². The first-order valence-corrected chi connectivity index (χ1v) is 10.9. The SMILES string of the molecule is CCCCN1C(=O)[C@@H](CC(=O)Nc2cccc(Cl)c2C)SC1=Nc1ccccc1. The second kappa shape index (κ2) is 9.94. The smallest absolute Gasteiger partial charge is 0.242 e. The monoisotopic (exact) mass is 429 g/mol. The normalized spacial score (nSPS) is 17.8. The van der Waals surface area contributed by atoms with Crippen LogP contribution in [0.15, 0.2) is 53.5 Å². The Morgan fingerprint density at radius 1 is 1.21 bits per heavy atom. The number of carbonyl (C=O) groups is 2. The Labute approximate surface area is 180 Å². The minimum atomic E-state index is -0.478. The van der Waals surface area contributed by atoms with E-state index in [0.717, 1.165) is 24.1 Å². The number of para-hydroxylation sites is 1. The average Bonchev–Trinajstić information content (AvgIpc) is 2.99. The van der Waals surface area contributed by atoms with Crippen molar-refractivity contribution in [1.82, 2.24) is 4.90 Å². The molecule has 0 saturated carbocycles. The molecule has 0 spiro atoms. The minimum absolute atomic E-state index is 0.0592. The van der Waals surface area contributed by atoms with Crippen LogP contribution in [0.25, 0.3) is 0 Å². The van der Waals surface area contributed by atoms with E-state index in [1.54, 1.807) is 23.1 Å². The summed E-state index contributed by atoms with van der Waals surface area (Å²) in [7, 11) is 0. The average molecular weight is 430 g/mol. The molecule has 0 aromatic heterocycles. The number of aliphatic imine (C=N–C) groups is 1. The highest BCUT2D eigenvalue weighted by Crippen LogP contribution is 2.32. The molecular weight excluding hydrogens is 406 g/mol. The summed E-state index contributed by atoms with van der Waals surface area (Å²) in [5.74, 6) is -0.270. The number of thioether (sulfide) groups is 1. The van der Waals surface area contributed by atoms with E-state index in [2.05, 4.69) is 17.2 Å². The quantitative estimate of drug-likeness (QED) is 0.640. The molecule has 1 aliphatic heterocycles. The Balaban J connectivity index is 1.73. The van der Waals surface area contributed by atoms with Gasteiger partial charge >= 0.3 is 0 Å². The molecule has 2 amide bonds. The van der Waals surface area contributed by atoms with E-state index in [1.807, 2.05) is 37.3 Å². The molecule has 152 valence electrons. The Morgan fingerprint density at radius 3 is 2.69 bits per heavy atom. The van der Waals surface area contributed by atoms with Crippen molar-refractivity contribution in [3.05, 3.63) is 59.1 Å². The lowest BCUT2D eigenvalue weighted by molar-refractivity contribution is -0.128. The highest BCUT2D eigenvalue weighted by Gasteiger charge is 2.38. The molecule has 1 saturated heterocycles. The lowest BCUT2D eigenvalue weighted by Crippen LogP contribution is -2.34. The van der Waals surface area contributed by atoms with Gasteiger partial charge in [-0.05, 0) is 43.2 Å². The molecule has 7 heteroatoms. The van der Waals surface area contributed by atoms with E-state index in [1.165, 1.54) is 11.8 Å². The highest BCUT2D eigenvalue weighted by molar-refractivity contribution is 8.15. The second-order valence-electron chi connectivity index (χ2n) is 6.84. The van der Waals surface area contributed by atoms with Crippen molar-refractivity contribution < 1.29 is 9.59 Å². The van der Waals surface area contributed by atoms with Gasteiger partial charge in [-0.15, -0.1) is 0 Å². The summed E-state index contributed by atoms with van der Waals surface area (Å²) in [6, 6.07) is 14.9. The zero-order chi connectivity index (χ0) is 20.8. The van der Waals surface area contributed by atoms with Crippen LogP contribution in [0.2, 0.25) is 5.02 Å². The van der Waals surface area contributed by atoms with Crippen LogP contribution < -0.4 is 5.32 Å². The molecule has 2 aromatic carbocycles. The summed E-state index contributed by atoms with van der Waals surface area (Å²) in [6.07, 6.45) is 1.96. The minimum Gasteiger partial charge on any atom is -0.326 e. The summed E-state index contributed by atoms with van der Waals surface area (Å²) >= 11 is 7.48. The predicted octanol–water partition coefficient (Wildman–Crippen LogP) is 5.41. The summed E-state index contributed by atoms with van der Waals surface area (Å²) in [6.45, 7) is 4.55. The summed E-state index contributed by atoms with van der Waals surface area (Å²) in [5.41, 5.74) is 2.27. The number of halogens is 1. The number of anilines is 1. The van der Waals surface area contributed by atoms with Gasteiger partial charge in [-0.2, -0.15) is 0 Å². The number of hydrogen-bond acceptors (Lipinski definition) is 4. The summed E-state index contributed by atoms with van der Waals surface area (Å²) in [5, 5.41) is 3.65. The van der Waals surface area contributed by atoms with Crippen molar-refractivity contribution in [2.45, 2.75) is 38.4 Å². The number of nitrogens with zero attached hydrogens (tertiary/aromatic N) is 2. The first-order chi connectivity index (χ1) is 14.0. The summed E-state index contributed by atoms with van der Waals surface area (Å²) in [4.78, 5) is 31.9. The number of benzene rings is 2. The molecule has 0 aliphatic carbocycles. The molecule has 5 nitrogen and oxygen atoms in total. The molecule has 2 aromatic rings. The van der Waals surface area contributed by atoms with E-state index in [9.17, 15) is 9.59 Å². The van der Waals surface area contributed by atoms with Crippen LogP contribution in [0.4, 0.5) is 11.4 Å². The summed E-state index contributed by atoms with van der Waals surface area (Å²) < 4.78 is 0. The second-order valence-corrected chi connectivity index (χ2v) is 8.42. The van der Waals surface area contributed by atoms with Gasteiger partial charge in [0.1, 0.15) is 5.25 Å². The number of hydrogen-bond donors (Lipinski definition) is 1. The zero-order valence-electron chi connectivity index (χ0n) is 16.5. The van der Waals surface area contributed by atoms with Crippen LogP contribution >= 0.6 is 23.4 Å². The molecule has 29 heavy (non-hydrogen) atoms. The van der Waals surface area contributed by atoms with Gasteiger partial charge in [0.05, 0.1) is 5.69 Å². The van der Waals surface area contributed by atoms with Gasteiger partial charge in [0.25, 0.3) is 0 Å². The van der Waals surface area contributed by atoms with Gasteiger partial charge in [0, 0.05) is 23.7 Å². The zero-order valence-corrected chi connectivity index (χ0v) is 18.1. The van der Waals surface area contributed by atoms with Crippen LogP contribution in [-0.2, 0) is 9.59 Å². The van der Waals surface area contributed by atoms with Crippen molar-refractivity contribution in [3.63, 3.8) is 0 Å². The topological polar surface area (TPSA) is 61.8 Å². The van der Waals surface area contributed by atoms with E-state index < -0.39 is 5.25 Å². The van der Waals surface area contributed by atoms with E-state index >= 15 is 0 Å². The Morgan fingerprint density at radius 2 is 1.97 bits per heavy atom. The maximum absolute atomic E-state index is 12.9. The van der Waals surface area contributed by atoms with Gasteiger partial charge in [0.2, 0.25) is 11.8 Å². The van der Waals surface area contributed by atoms with E-state index in [0.29, 0.717) is 22.4 Å². The predicted molar refractivity (Wildman–Crippen MR) is 121 cm³/mol. The molecule has 1 fully saturated rings. The highest BCUT2D eigenvalue weighted by atomic mass is 35.5. The largest absolute Gasteiger partial charge is 0.326 e. The van der Waals surface area contributed by atoms with Crippen LogP contribution in [0.3, 0.4) is 0 Å². The molecule has 1 heterocycles. The van der Waals surface area contributed by atoms with Crippen molar-refractivity contribution in [1.29, 1.82) is 0 Å². The van der Waals surface area contributed by atoms with Crippen molar-refractivity contribution in [3.8, 4) is 0 Å². The maximum atomic E-state index is 12.9. The lowest BCUT2D eigenvalue weighted by atomic mass is 10.2. The first kappa shape index (κ1) is 21.4. The standard InChI is InChI=1S/C22H24ClN3O2S/c1-3-4-13-26-21(28)19(29-22(26)24-16-9-6-5-7-10-16)14-20(27)25-18-12-8-11-17(23)15(18)2/h5-12,19H,3-4,13-14H2,1-2H3,(H,25,27)/t19-/m1/s1. The fourth-order valence-electron chi connectivity index (χ4n) is 2.97. The number of unbranched alkanes of at least 4 members (excludes halogenated alkanes) is 1. The third-order valence-electron chi connectivity index (χ3n) is 4.65. The van der Waals surface area contributed by atoms with Crippen molar-refractivity contribution >= 4 is 51.7 Å². The molecule has 3 rings (SSSR count). The van der Waals surface area contributed by atoms with E-state index in [4.69, 9.17) is 11.6 Å². The lowest BCUT2D eigenvalue weighted by Gasteiger charge is -2.16. The van der Waals surface area contributed by atoms with Crippen molar-refractivity contribution in [2.75, 3.05) is 11.9 Å². The van der Waals surface area contributed by atoms with E-state index in [-0.39, 0.29) is 18.2 Å². The molecule has 1 N–H and O–H groups in total. The molecule has 1 aliphatic rings. The van der Waals surface area contributed by atoms with Crippen LogP contribution in [0, 0.1) is 6.92 Å². The third kappa shape index (κ3) is 5.40. The molecule has 0 bridgehead atoms. The van der Waals surface area contributed by atoms with Crippen LogP contribution in [-0.4, -0.2) is 33.7 Å². The number of amidine groups is 1. The number of amides is 2. The number of carbonyl (C=O) groups excluding carboxylic acids is 2. The van der Waals surface area contributed by atoms with Gasteiger partial charge in [-0.25, -0.2) is 4.99 Å². The molecule has 0 radical (unpaired) electrons. The van der Waals surface area contributed by atoms with Gasteiger partial charge in [-0.3, -0.25) is 14.5 Å². The Hall–Kier alpha value is -2.31. The third-order valence-corrected chi connectivity index (χ3v) is 6.23. The molecule has 1 atom stereocenters. The van der Waals surface area contributed by atoms with Gasteiger partial charge in [0.15, 0.2) is 5.17 Å². The number of rotatable bonds is 7. The first-order valence-electron chi connectivity index (χ1n) is 9.66. The maximum Gasteiger partial charge on any atom is 0.242 e. The Kier molecular flexibility index (Phi) is 7.34. The van der Waals surface area contributed by atoms with Crippen molar-refractivity contribution in [2.24, 2.45) is 4.99 Å². The fraction of sp³-hybridized carbons (Fsp3) is 0.318. The van der Waals surface area contributed by atoms with Crippen LogP contribution in [0.5, 0.6) is 0 Å². The molecular formula is C22H24ClN3O2S. The Bertz CT molecular complexity index is 918. The van der Waals surface area contributed by atoms with Crippen LogP contribution in [0.1, 0.15) is 31.7 Å².